The molecule has 0 radical (unpaired) electrons. The molecule has 0 saturated carbocycles. The lowest BCUT2D eigenvalue weighted by Crippen LogP contribution is -2.45. The third kappa shape index (κ3) is 6.78. The Balaban J connectivity index is 1.98. The van der Waals surface area contributed by atoms with Gasteiger partial charge in [-0.1, -0.05) is 0 Å². The number of aliphatic carboxylic acids is 1. The molecule has 1 saturated heterocycles. The lowest BCUT2D eigenvalue weighted by molar-refractivity contribution is -0.137. The fourth-order valence-corrected chi connectivity index (χ4v) is 1.69. The van der Waals surface area contributed by atoms with Gasteiger partial charge >= 0.3 is 12.0 Å². The van der Waals surface area contributed by atoms with Gasteiger partial charge in [0.1, 0.15) is 0 Å². The highest BCUT2D eigenvalue weighted by Crippen LogP contribution is 2.05. The molecule has 0 bridgehead atoms. The zero-order chi connectivity index (χ0) is 12.5. The predicted molar refractivity (Wildman–Crippen MR) is 61.9 cm³/mol. The maximum absolute atomic E-state index is 11.4. The zero-order valence-electron chi connectivity index (χ0n) is 9.91. The number of carboxylic acid groups (broad SMARTS) is 1. The van der Waals surface area contributed by atoms with Crippen LogP contribution in [0.15, 0.2) is 0 Å². The molecule has 2 amide bonds. The number of carbonyl (C=O) groups is 2. The minimum absolute atomic E-state index is 0.0998. The summed E-state index contributed by atoms with van der Waals surface area (Å²) in [6.07, 6.45) is 3.35. The van der Waals surface area contributed by atoms with E-state index in [1.165, 1.54) is 0 Å². The van der Waals surface area contributed by atoms with E-state index in [-0.39, 0.29) is 18.5 Å². The van der Waals surface area contributed by atoms with E-state index in [2.05, 4.69) is 10.6 Å². The molecule has 1 unspecified atom stereocenters. The van der Waals surface area contributed by atoms with Crippen LogP contribution >= 0.6 is 0 Å². The Bertz CT molecular complexity index is 252. The second-order valence-corrected chi connectivity index (χ2v) is 4.17. The molecule has 3 N–H and O–H groups in total. The first kappa shape index (κ1) is 13.8. The summed E-state index contributed by atoms with van der Waals surface area (Å²) < 4.78 is 5.24. The van der Waals surface area contributed by atoms with Gasteiger partial charge in [-0.05, 0) is 25.7 Å². The smallest absolute Gasteiger partial charge is 0.315 e. The van der Waals surface area contributed by atoms with E-state index >= 15 is 0 Å². The van der Waals surface area contributed by atoms with Crippen molar-refractivity contribution < 1.29 is 19.4 Å². The van der Waals surface area contributed by atoms with Gasteiger partial charge in [0.15, 0.2) is 0 Å². The summed E-state index contributed by atoms with van der Waals surface area (Å²) in [5.74, 6) is -0.797. The summed E-state index contributed by atoms with van der Waals surface area (Å²) in [5.41, 5.74) is 0. The van der Waals surface area contributed by atoms with Gasteiger partial charge in [-0.3, -0.25) is 4.79 Å². The van der Waals surface area contributed by atoms with Crippen molar-refractivity contribution in [3.63, 3.8) is 0 Å². The van der Waals surface area contributed by atoms with Crippen molar-refractivity contribution >= 4 is 12.0 Å². The Labute approximate surface area is 101 Å². The normalized spacial score (nSPS) is 19.6. The van der Waals surface area contributed by atoms with Crippen LogP contribution in [0.25, 0.3) is 0 Å². The van der Waals surface area contributed by atoms with Gasteiger partial charge in [0.25, 0.3) is 0 Å². The van der Waals surface area contributed by atoms with Gasteiger partial charge < -0.3 is 20.5 Å². The first-order chi connectivity index (χ1) is 8.18. The number of hydrogen-bond donors (Lipinski definition) is 3. The van der Waals surface area contributed by atoms with E-state index < -0.39 is 5.97 Å². The topological polar surface area (TPSA) is 87.7 Å². The highest BCUT2D eigenvalue weighted by atomic mass is 16.5. The third-order valence-corrected chi connectivity index (χ3v) is 2.60. The molecule has 0 aromatic rings. The van der Waals surface area contributed by atoms with Crippen LogP contribution in [0.5, 0.6) is 0 Å². The summed E-state index contributed by atoms with van der Waals surface area (Å²) in [6, 6.07) is -0.0985. The van der Waals surface area contributed by atoms with E-state index in [1.54, 1.807) is 0 Å². The number of rotatable bonds is 6. The van der Waals surface area contributed by atoms with Crippen LogP contribution in [-0.4, -0.2) is 42.9 Å². The Morgan fingerprint density at radius 3 is 2.82 bits per heavy atom. The number of unbranched alkanes of at least 4 members (excludes halogenated alkanes) is 1. The largest absolute Gasteiger partial charge is 0.481 e. The van der Waals surface area contributed by atoms with Gasteiger partial charge in [-0.15, -0.1) is 0 Å². The first-order valence-corrected chi connectivity index (χ1v) is 6.02. The molecule has 1 heterocycles. The molecule has 98 valence electrons. The summed E-state index contributed by atoms with van der Waals surface area (Å²) in [7, 11) is 0. The van der Waals surface area contributed by atoms with E-state index in [0.717, 1.165) is 19.4 Å². The van der Waals surface area contributed by atoms with Crippen LogP contribution in [0, 0.1) is 0 Å². The highest BCUT2D eigenvalue weighted by molar-refractivity contribution is 5.74. The van der Waals surface area contributed by atoms with Gasteiger partial charge in [0.05, 0.1) is 12.6 Å². The van der Waals surface area contributed by atoms with E-state index in [1.807, 2.05) is 0 Å². The fourth-order valence-electron chi connectivity index (χ4n) is 1.69. The van der Waals surface area contributed by atoms with Crippen molar-refractivity contribution in [3.8, 4) is 0 Å². The average molecular weight is 244 g/mol. The minimum Gasteiger partial charge on any atom is -0.481 e. The number of hydrogen-bond acceptors (Lipinski definition) is 3. The average Bonchev–Trinajstić information content (AvgIpc) is 2.29. The zero-order valence-corrected chi connectivity index (χ0v) is 9.91. The Morgan fingerprint density at radius 2 is 2.18 bits per heavy atom. The predicted octanol–water partition coefficient (Wildman–Crippen LogP) is 0.719. The molecule has 1 atom stereocenters. The molecule has 17 heavy (non-hydrogen) atoms. The molecule has 0 aliphatic carbocycles. The quantitative estimate of drug-likeness (QED) is 0.601. The van der Waals surface area contributed by atoms with Crippen LogP contribution in [0.3, 0.4) is 0 Å². The Kier molecular flexibility index (Phi) is 6.39. The molecule has 1 aliphatic rings. The van der Waals surface area contributed by atoms with Crippen molar-refractivity contribution in [3.05, 3.63) is 0 Å². The number of nitrogens with one attached hydrogen (secondary N) is 2. The number of carbonyl (C=O) groups excluding carboxylic acids is 1. The van der Waals surface area contributed by atoms with E-state index in [0.29, 0.717) is 26.0 Å². The lowest BCUT2D eigenvalue weighted by atomic mass is 10.1. The molecule has 1 rings (SSSR count). The summed E-state index contributed by atoms with van der Waals surface area (Å²) in [5, 5.41) is 14.0. The molecule has 0 spiro atoms. The van der Waals surface area contributed by atoms with Crippen LogP contribution in [0.2, 0.25) is 0 Å². The van der Waals surface area contributed by atoms with Gasteiger partial charge in [-0.2, -0.15) is 0 Å². The van der Waals surface area contributed by atoms with Gasteiger partial charge in [0.2, 0.25) is 0 Å². The number of amides is 2. The summed E-state index contributed by atoms with van der Waals surface area (Å²) >= 11 is 0. The Morgan fingerprint density at radius 1 is 1.35 bits per heavy atom. The monoisotopic (exact) mass is 244 g/mol. The molecule has 1 aliphatic heterocycles. The first-order valence-electron chi connectivity index (χ1n) is 6.02. The van der Waals surface area contributed by atoms with E-state index in [4.69, 9.17) is 9.84 Å². The maximum atomic E-state index is 11.4. The highest BCUT2D eigenvalue weighted by Gasteiger charge is 2.15. The summed E-state index contributed by atoms with van der Waals surface area (Å²) in [4.78, 5) is 21.7. The van der Waals surface area contributed by atoms with Crippen LogP contribution < -0.4 is 10.6 Å². The van der Waals surface area contributed by atoms with Crippen molar-refractivity contribution in [2.75, 3.05) is 19.8 Å². The third-order valence-electron chi connectivity index (χ3n) is 2.60. The summed E-state index contributed by atoms with van der Waals surface area (Å²) in [6.45, 7) is 1.86. The SMILES string of the molecule is O=C(O)CCCCNC(=O)NC1CCCOC1. The van der Waals surface area contributed by atoms with Crippen LogP contribution in [0.4, 0.5) is 4.79 Å². The van der Waals surface area contributed by atoms with Crippen molar-refractivity contribution in [2.24, 2.45) is 0 Å². The van der Waals surface area contributed by atoms with Crippen LogP contribution in [-0.2, 0) is 9.53 Å². The molecule has 0 aromatic carbocycles. The number of urea groups is 1. The maximum Gasteiger partial charge on any atom is 0.315 e. The molecule has 1 fully saturated rings. The Hall–Kier alpha value is -1.30. The van der Waals surface area contributed by atoms with Gasteiger partial charge in [0, 0.05) is 19.6 Å². The van der Waals surface area contributed by atoms with E-state index in [9.17, 15) is 9.59 Å². The standard InChI is InChI=1S/C11H20N2O4/c14-10(15)5-1-2-6-12-11(16)13-9-4-3-7-17-8-9/h9H,1-8H2,(H,14,15)(H2,12,13,16). The number of carboxylic acids is 1. The number of ether oxygens (including phenoxy) is 1. The molecule has 6 heteroatoms. The molecule has 6 nitrogen and oxygen atoms in total. The fraction of sp³-hybridized carbons (Fsp3) is 0.818. The van der Waals surface area contributed by atoms with Crippen molar-refractivity contribution in [1.82, 2.24) is 10.6 Å². The lowest BCUT2D eigenvalue weighted by Gasteiger charge is -2.23. The van der Waals surface area contributed by atoms with Gasteiger partial charge in [-0.25, -0.2) is 4.79 Å². The van der Waals surface area contributed by atoms with Crippen molar-refractivity contribution in [2.45, 2.75) is 38.1 Å². The molecular formula is C11H20N2O4. The minimum atomic E-state index is -0.797. The van der Waals surface area contributed by atoms with Crippen LogP contribution in [0.1, 0.15) is 32.1 Å². The second-order valence-electron chi connectivity index (χ2n) is 4.17. The molecule has 0 aromatic heterocycles. The second kappa shape index (κ2) is 7.89. The molecular weight excluding hydrogens is 224 g/mol. The van der Waals surface area contributed by atoms with Crippen molar-refractivity contribution in [1.29, 1.82) is 0 Å².